The van der Waals surface area contributed by atoms with Crippen LogP contribution in [0.3, 0.4) is 0 Å². The molecular weight excluding hydrogens is 248 g/mol. The minimum Gasteiger partial charge on any atom is -0.490 e. The average Bonchev–Trinajstić information content (AvgIpc) is 2.38. The Morgan fingerprint density at radius 3 is 2.63 bits per heavy atom. The monoisotopic (exact) mass is 268 g/mol. The van der Waals surface area contributed by atoms with Crippen molar-refractivity contribution in [3.8, 4) is 5.75 Å². The first-order valence-corrected chi connectivity index (χ1v) is 6.15. The molecule has 6 nitrogen and oxygen atoms in total. The number of aliphatic hydroxyl groups excluding tert-OH is 1. The summed E-state index contributed by atoms with van der Waals surface area (Å²) in [5.74, 6) is 0.537. The third kappa shape index (κ3) is 4.18. The summed E-state index contributed by atoms with van der Waals surface area (Å²) in [7, 11) is 1.40. The fraction of sp³-hybridized carbons (Fsp3) is 0.538. The first-order valence-electron chi connectivity index (χ1n) is 6.15. The van der Waals surface area contributed by atoms with Gasteiger partial charge in [0.15, 0.2) is 5.75 Å². The largest absolute Gasteiger partial charge is 0.490 e. The third-order valence-corrected chi connectivity index (χ3v) is 3.01. The summed E-state index contributed by atoms with van der Waals surface area (Å²) in [5, 5.41) is 23.3. The Labute approximate surface area is 112 Å². The molecule has 1 rings (SSSR count). The second-order valence-corrected chi connectivity index (χ2v) is 4.68. The number of aliphatic hydroxyl groups is 1. The van der Waals surface area contributed by atoms with Crippen LogP contribution in [0.2, 0.25) is 0 Å². The van der Waals surface area contributed by atoms with E-state index in [0.29, 0.717) is 12.5 Å². The lowest BCUT2D eigenvalue weighted by atomic mass is 10.0. The molecule has 106 valence electrons. The summed E-state index contributed by atoms with van der Waals surface area (Å²) < 4.78 is 4.94. The number of nitro groups is 1. The fourth-order valence-electron chi connectivity index (χ4n) is 1.75. The van der Waals surface area contributed by atoms with Crippen molar-refractivity contribution in [2.24, 2.45) is 5.92 Å². The summed E-state index contributed by atoms with van der Waals surface area (Å²) in [6.07, 6.45) is 0. The molecule has 0 spiro atoms. The van der Waals surface area contributed by atoms with Crippen LogP contribution in [0, 0.1) is 16.0 Å². The van der Waals surface area contributed by atoms with Gasteiger partial charge in [0.1, 0.15) is 0 Å². The van der Waals surface area contributed by atoms with Crippen LogP contribution in [0.5, 0.6) is 5.75 Å². The van der Waals surface area contributed by atoms with E-state index in [1.165, 1.54) is 13.2 Å². The number of benzene rings is 1. The highest BCUT2D eigenvalue weighted by atomic mass is 16.6. The lowest BCUT2D eigenvalue weighted by molar-refractivity contribution is -0.385. The third-order valence-electron chi connectivity index (χ3n) is 3.01. The van der Waals surface area contributed by atoms with Gasteiger partial charge in [0, 0.05) is 18.7 Å². The van der Waals surface area contributed by atoms with Crippen LogP contribution in [0.4, 0.5) is 5.69 Å². The molecule has 0 aliphatic heterocycles. The van der Waals surface area contributed by atoms with Crippen molar-refractivity contribution in [2.45, 2.75) is 26.4 Å². The molecule has 0 amide bonds. The Morgan fingerprint density at radius 1 is 1.47 bits per heavy atom. The van der Waals surface area contributed by atoms with Gasteiger partial charge in [-0.25, -0.2) is 0 Å². The average molecular weight is 268 g/mol. The predicted octanol–water partition coefficient (Wildman–Crippen LogP) is 1.71. The summed E-state index contributed by atoms with van der Waals surface area (Å²) in [5.41, 5.74) is 0.735. The van der Waals surface area contributed by atoms with Crippen molar-refractivity contribution in [1.82, 2.24) is 5.32 Å². The van der Waals surface area contributed by atoms with Gasteiger partial charge >= 0.3 is 5.69 Å². The Kier molecular flexibility index (Phi) is 5.72. The van der Waals surface area contributed by atoms with Gasteiger partial charge in [0.2, 0.25) is 0 Å². The Bertz CT molecular complexity index is 435. The van der Waals surface area contributed by atoms with Gasteiger partial charge in [-0.2, -0.15) is 0 Å². The van der Waals surface area contributed by atoms with Crippen LogP contribution < -0.4 is 10.1 Å². The molecule has 0 heterocycles. The highest BCUT2D eigenvalue weighted by Gasteiger charge is 2.16. The maximum absolute atomic E-state index is 10.9. The molecule has 2 N–H and O–H groups in total. The Balaban J connectivity index is 2.80. The predicted molar refractivity (Wildman–Crippen MR) is 72.2 cm³/mol. The topological polar surface area (TPSA) is 84.6 Å². The molecule has 0 saturated heterocycles. The number of nitro benzene ring substituents is 1. The van der Waals surface area contributed by atoms with Crippen molar-refractivity contribution in [1.29, 1.82) is 0 Å². The van der Waals surface area contributed by atoms with E-state index < -0.39 is 4.92 Å². The van der Waals surface area contributed by atoms with Crippen LogP contribution in [-0.2, 0) is 6.54 Å². The van der Waals surface area contributed by atoms with Crippen LogP contribution in [0.25, 0.3) is 0 Å². The van der Waals surface area contributed by atoms with E-state index in [-0.39, 0.29) is 24.1 Å². The summed E-state index contributed by atoms with van der Waals surface area (Å²) in [4.78, 5) is 10.4. The van der Waals surface area contributed by atoms with Crippen LogP contribution in [0.15, 0.2) is 18.2 Å². The van der Waals surface area contributed by atoms with Gasteiger partial charge in [0.05, 0.1) is 18.6 Å². The zero-order chi connectivity index (χ0) is 14.4. The van der Waals surface area contributed by atoms with Gasteiger partial charge in [-0.3, -0.25) is 10.1 Å². The number of nitrogens with zero attached hydrogens (tertiary/aromatic N) is 1. The second kappa shape index (κ2) is 7.06. The molecule has 1 aromatic rings. The second-order valence-electron chi connectivity index (χ2n) is 4.68. The lowest BCUT2D eigenvalue weighted by Crippen LogP contribution is -2.36. The maximum Gasteiger partial charge on any atom is 0.311 e. The quantitative estimate of drug-likeness (QED) is 0.581. The summed E-state index contributed by atoms with van der Waals surface area (Å²) in [6, 6.07) is 4.81. The van der Waals surface area contributed by atoms with Crippen molar-refractivity contribution >= 4 is 5.69 Å². The van der Waals surface area contributed by atoms with E-state index in [1.807, 2.05) is 13.8 Å². The Morgan fingerprint density at radius 2 is 2.16 bits per heavy atom. The van der Waals surface area contributed by atoms with E-state index in [2.05, 4.69) is 5.32 Å². The van der Waals surface area contributed by atoms with Gasteiger partial charge < -0.3 is 15.2 Å². The number of nitrogens with one attached hydrogen (secondary N) is 1. The molecule has 0 bridgehead atoms. The van der Waals surface area contributed by atoms with E-state index in [0.717, 1.165) is 5.56 Å². The molecule has 1 unspecified atom stereocenters. The molecule has 0 saturated carbocycles. The van der Waals surface area contributed by atoms with Crippen LogP contribution in [0.1, 0.15) is 19.4 Å². The smallest absolute Gasteiger partial charge is 0.311 e. The van der Waals surface area contributed by atoms with E-state index in [4.69, 9.17) is 4.74 Å². The van der Waals surface area contributed by atoms with Crippen molar-refractivity contribution in [2.75, 3.05) is 13.7 Å². The highest BCUT2D eigenvalue weighted by molar-refractivity contribution is 5.48. The van der Waals surface area contributed by atoms with Gasteiger partial charge in [-0.15, -0.1) is 0 Å². The van der Waals surface area contributed by atoms with Crippen molar-refractivity contribution < 1.29 is 14.8 Å². The first kappa shape index (κ1) is 15.4. The SMILES string of the molecule is COc1ccc(CNC(CO)C(C)C)cc1[N+](=O)[O-]. The molecule has 1 aromatic carbocycles. The van der Waals surface area contributed by atoms with Crippen LogP contribution in [-0.4, -0.2) is 29.8 Å². The first-order chi connectivity index (χ1) is 8.99. The van der Waals surface area contributed by atoms with Gasteiger partial charge in [-0.05, 0) is 17.5 Å². The molecule has 1 atom stereocenters. The summed E-state index contributed by atoms with van der Waals surface area (Å²) in [6.45, 7) is 4.51. The van der Waals surface area contributed by atoms with E-state index in [1.54, 1.807) is 12.1 Å². The number of methoxy groups -OCH3 is 1. The minimum atomic E-state index is -0.464. The molecule has 0 radical (unpaired) electrons. The zero-order valence-electron chi connectivity index (χ0n) is 11.4. The standard InChI is InChI=1S/C13H20N2O4/c1-9(2)11(8-16)14-7-10-4-5-13(19-3)12(6-10)15(17)18/h4-6,9,11,14,16H,7-8H2,1-3H3. The number of rotatable bonds is 7. The van der Waals surface area contributed by atoms with Gasteiger partial charge in [0.25, 0.3) is 0 Å². The molecule has 19 heavy (non-hydrogen) atoms. The molecule has 6 heteroatoms. The summed E-state index contributed by atoms with van der Waals surface area (Å²) >= 11 is 0. The Hall–Kier alpha value is -1.66. The minimum absolute atomic E-state index is 0.0267. The highest BCUT2D eigenvalue weighted by Crippen LogP contribution is 2.27. The maximum atomic E-state index is 10.9. The lowest BCUT2D eigenvalue weighted by Gasteiger charge is -2.19. The van der Waals surface area contributed by atoms with E-state index >= 15 is 0 Å². The fourth-order valence-corrected chi connectivity index (χ4v) is 1.75. The molecule has 0 aliphatic rings. The number of ether oxygens (including phenoxy) is 1. The molecular formula is C13H20N2O4. The van der Waals surface area contributed by atoms with Crippen molar-refractivity contribution in [3.63, 3.8) is 0 Å². The molecule has 0 aromatic heterocycles. The number of hydrogen-bond acceptors (Lipinski definition) is 5. The number of hydrogen-bond donors (Lipinski definition) is 2. The molecule has 0 aliphatic carbocycles. The normalized spacial score (nSPS) is 12.5. The zero-order valence-corrected chi connectivity index (χ0v) is 11.4. The molecule has 0 fully saturated rings. The van der Waals surface area contributed by atoms with Crippen molar-refractivity contribution in [3.05, 3.63) is 33.9 Å². The van der Waals surface area contributed by atoms with Crippen LogP contribution >= 0.6 is 0 Å². The van der Waals surface area contributed by atoms with E-state index in [9.17, 15) is 15.2 Å². The van der Waals surface area contributed by atoms with Gasteiger partial charge in [-0.1, -0.05) is 19.9 Å².